The predicted octanol–water partition coefficient (Wildman–Crippen LogP) is 2.38. The van der Waals surface area contributed by atoms with Gasteiger partial charge in [0.25, 0.3) is 0 Å². The van der Waals surface area contributed by atoms with Gasteiger partial charge in [0.1, 0.15) is 10.4 Å². The third-order valence-corrected chi connectivity index (χ3v) is 3.33. The van der Waals surface area contributed by atoms with Gasteiger partial charge < -0.3 is 5.32 Å². The van der Waals surface area contributed by atoms with Crippen LogP contribution in [0.5, 0.6) is 0 Å². The number of nitrogens with zero attached hydrogens (tertiary/aromatic N) is 2. The lowest BCUT2D eigenvalue weighted by atomic mass is 10.2. The molecule has 16 heavy (non-hydrogen) atoms. The standard InChI is InChI=1S/C11H9BrFN3/c12-11-9-5-14-6-10(9)16(15-11)8-3-1-2-7(13)4-8/h1-4,14H,5-6H2. The van der Waals surface area contributed by atoms with E-state index in [9.17, 15) is 4.39 Å². The van der Waals surface area contributed by atoms with E-state index in [1.807, 2.05) is 6.07 Å². The van der Waals surface area contributed by atoms with Gasteiger partial charge in [-0.15, -0.1) is 0 Å². The fourth-order valence-electron chi connectivity index (χ4n) is 1.94. The average molecular weight is 282 g/mol. The molecule has 2 aromatic rings. The highest BCUT2D eigenvalue weighted by Crippen LogP contribution is 2.26. The van der Waals surface area contributed by atoms with E-state index in [1.165, 1.54) is 12.1 Å². The average Bonchev–Trinajstić information content (AvgIpc) is 2.83. The molecule has 3 nitrogen and oxygen atoms in total. The molecule has 1 aliphatic rings. The first-order valence-corrected chi connectivity index (χ1v) is 5.78. The van der Waals surface area contributed by atoms with E-state index in [-0.39, 0.29) is 5.82 Å². The van der Waals surface area contributed by atoms with E-state index < -0.39 is 0 Å². The van der Waals surface area contributed by atoms with Crippen LogP contribution >= 0.6 is 15.9 Å². The molecule has 0 atom stereocenters. The Morgan fingerprint density at radius 2 is 2.25 bits per heavy atom. The molecule has 5 heteroatoms. The zero-order chi connectivity index (χ0) is 11.1. The van der Waals surface area contributed by atoms with Crippen molar-refractivity contribution in [3.63, 3.8) is 0 Å². The molecule has 0 spiro atoms. The van der Waals surface area contributed by atoms with Gasteiger partial charge in [0, 0.05) is 18.7 Å². The third kappa shape index (κ3) is 1.47. The summed E-state index contributed by atoms with van der Waals surface area (Å²) < 4.78 is 15.8. The summed E-state index contributed by atoms with van der Waals surface area (Å²) >= 11 is 3.42. The van der Waals surface area contributed by atoms with Crippen molar-refractivity contribution in [2.24, 2.45) is 0 Å². The van der Waals surface area contributed by atoms with E-state index in [2.05, 4.69) is 26.3 Å². The van der Waals surface area contributed by atoms with E-state index >= 15 is 0 Å². The fraction of sp³-hybridized carbons (Fsp3) is 0.182. The molecule has 1 aliphatic heterocycles. The molecule has 0 amide bonds. The summed E-state index contributed by atoms with van der Waals surface area (Å²) in [6.07, 6.45) is 0. The van der Waals surface area contributed by atoms with Crippen LogP contribution in [-0.4, -0.2) is 9.78 Å². The second-order valence-electron chi connectivity index (χ2n) is 3.71. The smallest absolute Gasteiger partial charge is 0.133 e. The fourth-order valence-corrected chi connectivity index (χ4v) is 2.47. The zero-order valence-electron chi connectivity index (χ0n) is 8.37. The van der Waals surface area contributed by atoms with Crippen LogP contribution in [0.15, 0.2) is 28.9 Å². The minimum Gasteiger partial charge on any atom is -0.307 e. The van der Waals surface area contributed by atoms with Gasteiger partial charge in [0.2, 0.25) is 0 Å². The van der Waals surface area contributed by atoms with Gasteiger partial charge >= 0.3 is 0 Å². The molecule has 0 fully saturated rings. The summed E-state index contributed by atoms with van der Waals surface area (Å²) in [5.41, 5.74) is 3.01. The molecule has 2 heterocycles. The Morgan fingerprint density at radius 3 is 3.06 bits per heavy atom. The van der Waals surface area contributed by atoms with Crippen LogP contribution in [0.1, 0.15) is 11.3 Å². The van der Waals surface area contributed by atoms with Crippen LogP contribution in [0.25, 0.3) is 5.69 Å². The maximum Gasteiger partial charge on any atom is 0.133 e. The first kappa shape index (κ1) is 9.99. The molecule has 0 radical (unpaired) electrons. The molecule has 0 saturated carbocycles. The van der Waals surface area contributed by atoms with Gasteiger partial charge in [-0.2, -0.15) is 5.10 Å². The third-order valence-electron chi connectivity index (χ3n) is 2.69. The van der Waals surface area contributed by atoms with Crippen LogP contribution in [0, 0.1) is 5.82 Å². The minimum absolute atomic E-state index is 0.246. The molecule has 3 rings (SSSR count). The lowest BCUT2D eigenvalue weighted by molar-refractivity contribution is 0.624. The van der Waals surface area contributed by atoms with Crippen molar-refractivity contribution < 1.29 is 4.39 Å². The Morgan fingerprint density at radius 1 is 1.38 bits per heavy atom. The number of halogens is 2. The van der Waals surface area contributed by atoms with Crippen molar-refractivity contribution in [1.82, 2.24) is 15.1 Å². The van der Waals surface area contributed by atoms with Gasteiger partial charge in [-0.3, -0.25) is 0 Å². The van der Waals surface area contributed by atoms with Crippen molar-refractivity contribution in [1.29, 1.82) is 0 Å². The largest absolute Gasteiger partial charge is 0.307 e. The maximum absolute atomic E-state index is 13.1. The quantitative estimate of drug-likeness (QED) is 0.870. The number of hydrogen-bond donors (Lipinski definition) is 1. The molecule has 0 aliphatic carbocycles. The van der Waals surface area contributed by atoms with Crippen molar-refractivity contribution in [3.05, 3.63) is 45.9 Å². The summed E-state index contributed by atoms with van der Waals surface area (Å²) in [5, 5.41) is 7.62. The monoisotopic (exact) mass is 281 g/mol. The van der Waals surface area contributed by atoms with Crippen molar-refractivity contribution >= 4 is 15.9 Å². The molecule has 1 aromatic heterocycles. The second-order valence-corrected chi connectivity index (χ2v) is 4.46. The normalized spacial score (nSPS) is 14.1. The van der Waals surface area contributed by atoms with E-state index in [4.69, 9.17) is 0 Å². The zero-order valence-corrected chi connectivity index (χ0v) is 9.96. The number of benzene rings is 1. The molecular weight excluding hydrogens is 273 g/mol. The Balaban J connectivity index is 2.17. The van der Waals surface area contributed by atoms with Gasteiger partial charge in [0.05, 0.1) is 11.4 Å². The lowest BCUT2D eigenvalue weighted by Crippen LogP contribution is -2.07. The summed E-state index contributed by atoms with van der Waals surface area (Å²) in [4.78, 5) is 0. The number of rotatable bonds is 1. The number of nitrogens with one attached hydrogen (secondary N) is 1. The lowest BCUT2D eigenvalue weighted by Gasteiger charge is -2.04. The van der Waals surface area contributed by atoms with Crippen molar-refractivity contribution in [2.45, 2.75) is 13.1 Å². The SMILES string of the molecule is Fc1cccc(-n2nc(Br)c3c2CNC3)c1. The highest BCUT2D eigenvalue weighted by Gasteiger charge is 2.21. The Labute approximate surface area is 100 Å². The van der Waals surface area contributed by atoms with Gasteiger partial charge in [0.15, 0.2) is 0 Å². The van der Waals surface area contributed by atoms with Crippen LogP contribution in [0.3, 0.4) is 0 Å². The highest BCUT2D eigenvalue weighted by molar-refractivity contribution is 9.10. The first-order valence-electron chi connectivity index (χ1n) is 4.98. The molecule has 0 saturated heterocycles. The first-order chi connectivity index (χ1) is 7.75. The van der Waals surface area contributed by atoms with Crippen molar-refractivity contribution in [2.75, 3.05) is 0 Å². The summed E-state index contributed by atoms with van der Waals surface area (Å²) in [6, 6.07) is 6.45. The topological polar surface area (TPSA) is 29.9 Å². The second kappa shape index (κ2) is 3.68. The Kier molecular flexibility index (Phi) is 2.29. The van der Waals surface area contributed by atoms with Gasteiger partial charge in [-0.05, 0) is 34.1 Å². The van der Waals surface area contributed by atoms with E-state index in [0.29, 0.717) is 0 Å². The van der Waals surface area contributed by atoms with Gasteiger partial charge in [-0.25, -0.2) is 9.07 Å². The van der Waals surface area contributed by atoms with Crippen molar-refractivity contribution in [3.8, 4) is 5.69 Å². The van der Waals surface area contributed by atoms with Crippen LogP contribution in [0.2, 0.25) is 0 Å². The van der Waals surface area contributed by atoms with Gasteiger partial charge in [-0.1, -0.05) is 6.07 Å². The van der Waals surface area contributed by atoms with Crippen LogP contribution in [-0.2, 0) is 13.1 Å². The number of hydrogen-bond acceptors (Lipinski definition) is 2. The Bertz CT molecular complexity index is 550. The molecule has 0 unspecified atom stereocenters. The summed E-state index contributed by atoms with van der Waals surface area (Å²) in [7, 11) is 0. The minimum atomic E-state index is -0.246. The van der Waals surface area contributed by atoms with E-state index in [1.54, 1.807) is 10.7 Å². The summed E-state index contributed by atoms with van der Waals surface area (Å²) in [5.74, 6) is -0.246. The van der Waals surface area contributed by atoms with Crippen LogP contribution in [0.4, 0.5) is 4.39 Å². The predicted molar refractivity (Wildman–Crippen MR) is 61.8 cm³/mol. The molecular formula is C11H9BrFN3. The Hall–Kier alpha value is -1.20. The highest BCUT2D eigenvalue weighted by atomic mass is 79.9. The van der Waals surface area contributed by atoms with Crippen LogP contribution < -0.4 is 5.32 Å². The number of aromatic nitrogens is 2. The maximum atomic E-state index is 13.1. The summed E-state index contributed by atoms with van der Waals surface area (Å²) in [6.45, 7) is 1.58. The van der Waals surface area contributed by atoms with E-state index in [0.717, 1.165) is 34.6 Å². The molecule has 1 aromatic carbocycles. The molecule has 0 bridgehead atoms. The number of fused-ring (bicyclic) bond motifs is 1. The molecule has 82 valence electrons. The molecule has 1 N–H and O–H groups in total.